The monoisotopic (exact) mass is 444 g/mol. The van der Waals surface area contributed by atoms with Crippen molar-refractivity contribution in [2.24, 2.45) is 0 Å². The van der Waals surface area contributed by atoms with E-state index in [1.807, 2.05) is 6.07 Å². The predicted molar refractivity (Wildman–Crippen MR) is 107 cm³/mol. The Kier molecular flexibility index (Phi) is 6.55. The lowest BCUT2D eigenvalue weighted by molar-refractivity contribution is 0.234. The maximum absolute atomic E-state index is 12.6. The van der Waals surface area contributed by atoms with Gasteiger partial charge in [0.05, 0.1) is 10.6 Å². The normalized spacial score (nSPS) is 16.8. The summed E-state index contributed by atoms with van der Waals surface area (Å²) in [7, 11) is -8.01. The average Bonchev–Trinajstić information content (AvgIpc) is 2.69. The van der Waals surface area contributed by atoms with E-state index in [-0.39, 0.29) is 11.8 Å². The van der Waals surface area contributed by atoms with E-state index >= 15 is 0 Å². The van der Waals surface area contributed by atoms with Gasteiger partial charge in [-0.3, -0.25) is 0 Å². The van der Waals surface area contributed by atoms with Crippen molar-refractivity contribution in [3.8, 4) is 0 Å². The lowest BCUT2D eigenvalue weighted by atomic mass is 10.1. The number of piperidine rings is 1. The molecule has 2 aromatic rings. The van der Waals surface area contributed by atoms with Crippen LogP contribution in [0.3, 0.4) is 0 Å². The van der Waals surface area contributed by atoms with Crippen LogP contribution in [0.2, 0.25) is 0 Å². The summed E-state index contributed by atoms with van der Waals surface area (Å²) in [5, 5.41) is 3.21. The van der Waals surface area contributed by atoms with Gasteiger partial charge in [0.15, 0.2) is 0 Å². The number of nitrogens with one attached hydrogen (secondary N) is 1. The zero-order valence-corrected chi connectivity index (χ0v) is 17.2. The molecule has 0 radical (unpaired) electrons. The summed E-state index contributed by atoms with van der Waals surface area (Å²) >= 11 is 0. The number of nitrogens with zero attached hydrogens (tertiary/aromatic N) is 1. The Morgan fingerprint density at radius 2 is 1.52 bits per heavy atom. The van der Waals surface area contributed by atoms with E-state index in [1.54, 1.807) is 24.3 Å². The summed E-state index contributed by atoms with van der Waals surface area (Å²) in [5.74, 6) is -3.49. The van der Waals surface area contributed by atoms with Crippen molar-refractivity contribution in [3.05, 3.63) is 60.2 Å². The molecule has 158 valence electrons. The van der Waals surface area contributed by atoms with Crippen molar-refractivity contribution < 1.29 is 25.6 Å². The molecule has 2 aromatic carbocycles. The molecular formula is C19H22F2N2O4S2. The minimum absolute atomic E-state index is 0.00994. The first-order chi connectivity index (χ1) is 13.7. The van der Waals surface area contributed by atoms with Gasteiger partial charge >= 0.3 is 5.76 Å². The number of hydrogen-bond donors (Lipinski definition) is 1. The van der Waals surface area contributed by atoms with Crippen molar-refractivity contribution in [2.45, 2.75) is 35.3 Å². The number of alkyl halides is 2. The number of hydrogen-bond acceptors (Lipinski definition) is 5. The fourth-order valence-corrected chi connectivity index (χ4v) is 5.52. The highest BCUT2D eigenvalue weighted by atomic mass is 32.2. The molecule has 1 N–H and O–H groups in total. The van der Waals surface area contributed by atoms with Gasteiger partial charge in [-0.15, -0.1) is 0 Å². The van der Waals surface area contributed by atoms with E-state index in [0.29, 0.717) is 31.6 Å². The van der Waals surface area contributed by atoms with E-state index in [2.05, 4.69) is 5.32 Å². The molecule has 1 aliphatic heterocycles. The van der Waals surface area contributed by atoms with Crippen LogP contribution in [-0.4, -0.2) is 46.0 Å². The second-order valence-electron chi connectivity index (χ2n) is 6.89. The predicted octanol–water partition coefficient (Wildman–Crippen LogP) is 3.09. The van der Waals surface area contributed by atoms with E-state index in [4.69, 9.17) is 0 Å². The lowest BCUT2D eigenvalue weighted by Crippen LogP contribution is -2.42. The molecule has 6 nitrogen and oxygen atoms in total. The topological polar surface area (TPSA) is 83.6 Å². The third kappa shape index (κ3) is 5.31. The second-order valence-corrected chi connectivity index (χ2v) is 10.8. The summed E-state index contributed by atoms with van der Waals surface area (Å²) in [6.07, 6.45) is 1.18. The highest BCUT2D eigenvalue weighted by Crippen LogP contribution is 2.23. The summed E-state index contributed by atoms with van der Waals surface area (Å²) in [5.41, 5.74) is 1.34. The standard InChI is InChI=1S/C19H22F2N2O4S2/c20-19(21)29(26,27)18-8-6-16(7-9-18)22-17-10-12-23(13-11-17)28(24,25)14-15-4-2-1-3-5-15/h1-9,17,19,22H,10-14H2. The van der Waals surface area contributed by atoms with Crippen molar-refractivity contribution in [2.75, 3.05) is 18.4 Å². The van der Waals surface area contributed by atoms with Crippen LogP contribution < -0.4 is 5.32 Å². The first-order valence-corrected chi connectivity index (χ1v) is 12.2. The average molecular weight is 445 g/mol. The van der Waals surface area contributed by atoms with E-state index in [1.165, 1.54) is 16.4 Å². The van der Waals surface area contributed by atoms with Gasteiger partial charge in [0.25, 0.3) is 0 Å². The van der Waals surface area contributed by atoms with E-state index in [9.17, 15) is 25.6 Å². The van der Waals surface area contributed by atoms with Crippen LogP contribution in [0.4, 0.5) is 14.5 Å². The zero-order valence-electron chi connectivity index (χ0n) is 15.5. The number of rotatable bonds is 7. The maximum Gasteiger partial charge on any atom is 0.341 e. The SMILES string of the molecule is O=S(=O)(c1ccc(NC2CCN(S(=O)(=O)Cc3ccccc3)CC2)cc1)C(F)F. The van der Waals surface area contributed by atoms with Crippen LogP contribution in [0.1, 0.15) is 18.4 Å². The van der Waals surface area contributed by atoms with Crippen LogP contribution in [0.25, 0.3) is 0 Å². The fraction of sp³-hybridized carbons (Fsp3) is 0.368. The second kappa shape index (κ2) is 8.76. The molecule has 1 saturated heterocycles. The molecule has 0 aromatic heterocycles. The van der Waals surface area contributed by atoms with Crippen LogP contribution >= 0.6 is 0 Å². The van der Waals surface area contributed by atoms with E-state index < -0.39 is 30.5 Å². The molecule has 3 rings (SSSR count). The Morgan fingerprint density at radius 3 is 2.07 bits per heavy atom. The van der Waals surface area contributed by atoms with Gasteiger partial charge < -0.3 is 5.32 Å². The van der Waals surface area contributed by atoms with Crippen LogP contribution in [0.5, 0.6) is 0 Å². The van der Waals surface area contributed by atoms with Gasteiger partial charge in [0, 0.05) is 24.8 Å². The summed E-state index contributed by atoms with van der Waals surface area (Å²) in [4.78, 5) is -0.431. The molecule has 0 amide bonds. The van der Waals surface area contributed by atoms with Crippen LogP contribution in [0.15, 0.2) is 59.5 Å². The molecule has 0 unspecified atom stereocenters. The minimum atomic E-state index is -4.61. The highest BCUT2D eigenvalue weighted by Gasteiger charge is 2.29. The first-order valence-electron chi connectivity index (χ1n) is 9.09. The fourth-order valence-electron chi connectivity index (χ4n) is 3.23. The van der Waals surface area contributed by atoms with Gasteiger partial charge in [-0.1, -0.05) is 30.3 Å². The van der Waals surface area contributed by atoms with Gasteiger partial charge in [0.1, 0.15) is 0 Å². The van der Waals surface area contributed by atoms with Crippen molar-refractivity contribution in [3.63, 3.8) is 0 Å². The molecule has 0 bridgehead atoms. The third-order valence-electron chi connectivity index (χ3n) is 4.83. The summed E-state index contributed by atoms with van der Waals surface area (Å²) < 4.78 is 74.8. The van der Waals surface area contributed by atoms with Gasteiger partial charge in [0.2, 0.25) is 19.9 Å². The Bertz CT molecular complexity index is 1020. The lowest BCUT2D eigenvalue weighted by Gasteiger charge is -2.32. The van der Waals surface area contributed by atoms with Crippen molar-refractivity contribution in [1.82, 2.24) is 4.31 Å². The summed E-state index contributed by atoms with van der Waals surface area (Å²) in [6, 6.07) is 14.2. The first kappa shape index (κ1) is 21.7. The molecule has 1 fully saturated rings. The van der Waals surface area contributed by atoms with Gasteiger partial charge in [-0.25, -0.2) is 21.1 Å². The number of anilines is 1. The number of sulfonamides is 1. The molecule has 29 heavy (non-hydrogen) atoms. The Hall–Kier alpha value is -2.04. The molecule has 1 aliphatic rings. The maximum atomic E-state index is 12.6. The molecule has 0 spiro atoms. The van der Waals surface area contributed by atoms with E-state index in [0.717, 1.165) is 17.7 Å². The Morgan fingerprint density at radius 1 is 0.931 bits per heavy atom. The molecule has 0 atom stereocenters. The van der Waals surface area contributed by atoms with Crippen molar-refractivity contribution in [1.29, 1.82) is 0 Å². The molecule has 10 heteroatoms. The van der Waals surface area contributed by atoms with Gasteiger partial charge in [-0.2, -0.15) is 8.78 Å². The van der Waals surface area contributed by atoms with Crippen LogP contribution in [0, 0.1) is 0 Å². The third-order valence-corrected chi connectivity index (χ3v) is 8.08. The Balaban J connectivity index is 1.56. The molecule has 0 saturated carbocycles. The quantitative estimate of drug-likeness (QED) is 0.710. The van der Waals surface area contributed by atoms with Gasteiger partial charge in [-0.05, 0) is 42.7 Å². The number of benzene rings is 2. The highest BCUT2D eigenvalue weighted by molar-refractivity contribution is 7.91. The zero-order chi connectivity index (χ0) is 21.1. The minimum Gasteiger partial charge on any atom is -0.382 e. The molecule has 1 heterocycles. The summed E-state index contributed by atoms with van der Waals surface area (Å²) in [6.45, 7) is 0.759. The van der Waals surface area contributed by atoms with Crippen LogP contribution in [-0.2, 0) is 25.6 Å². The molecular weight excluding hydrogens is 422 g/mol. The Labute approximate surface area is 169 Å². The van der Waals surface area contributed by atoms with Crippen molar-refractivity contribution >= 4 is 25.5 Å². The smallest absolute Gasteiger partial charge is 0.341 e. The molecule has 0 aliphatic carbocycles. The largest absolute Gasteiger partial charge is 0.382 e. The number of sulfone groups is 1. The number of halogens is 2.